The van der Waals surface area contributed by atoms with Crippen LogP contribution in [0, 0.1) is 6.92 Å². The molecule has 0 aliphatic rings. The van der Waals surface area contributed by atoms with Gasteiger partial charge < -0.3 is 10.3 Å². The van der Waals surface area contributed by atoms with Crippen LogP contribution in [0.25, 0.3) is 10.9 Å². The first-order valence-corrected chi connectivity index (χ1v) is 10.0. The maximum absolute atomic E-state index is 12.4. The average Bonchev–Trinajstić information content (AvgIpc) is 2.67. The molecule has 27 heavy (non-hydrogen) atoms. The molecule has 1 atom stereocenters. The molecule has 3 rings (SSSR count). The van der Waals surface area contributed by atoms with Gasteiger partial charge in [-0.3, -0.25) is 9.59 Å². The summed E-state index contributed by atoms with van der Waals surface area (Å²) in [6.45, 7) is 6.01. The lowest BCUT2D eigenvalue weighted by molar-refractivity contribution is -0.113. The summed E-state index contributed by atoms with van der Waals surface area (Å²) in [5.74, 6) is 0.815. The van der Waals surface area contributed by atoms with E-state index in [-0.39, 0.29) is 22.5 Å². The number of amides is 1. The third-order valence-electron chi connectivity index (χ3n) is 4.49. The zero-order chi connectivity index (χ0) is 19.4. The summed E-state index contributed by atoms with van der Waals surface area (Å²) in [7, 11) is 0. The van der Waals surface area contributed by atoms with Crippen LogP contribution in [-0.2, 0) is 11.2 Å². The molecule has 0 bridgehead atoms. The second-order valence-electron chi connectivity index (χ2n) is 6.43. The van der Waals surface area contributed by atoms with Gasteiger partial charge >= 0.3 is 0 Å². The summed E-state index contributed by atoms with van der Waals surface area (Å²) in [6, 6.07) is 13.3. The number of rotatable bonds is 6. The van der Waals surface area contributed by atoms with Gasteiger partial charge in [0.05, 0.1) is 21.9 Å². The van der Waals surface area contributed by atoms with Crippen LogP contribution < -0.4 is 10.9 Å². The van der Waals surface area contributed by atoms with Crippen molar-refractivity contribution in [2.24, 2.45) is 0 Å². The van der Waals surface area contributed by atoms with Crippen molar-refractivity contribution in [2.75, 3.05) is 11.1 Å². The van der Waals surface area contributed by atoms with Gasteiger partial charge in [0.25, 0.3) is 5.56 Å². The lowest BCUT2D eigenvalue weighted by atomic mass is 10.1. The van der Waals surface area contributed by atoms with E-state index < -0.39 is 0 Å². The number of aromatic nitrogens is 2. The van der Waals surface area contributed by atoms with Crippen molar-refractivity contribution in [3.8, 4) is 0 Å². The molecule has 140 valence electrons. The van der Waals surface area contributed by atoms with Crippen molar-refractivity contribution >= 4 is 34.3 Å². The van der Waals surface area contributed by atoms with Crippen LogP contribution in [0.3, 0.4) is 0 Å². The lowest BCUT2D eigenvalue weighted by Crippen LogP contribution is -2.18. The zero-order valence-corrected chi connectivity index (χ0v) is 16.5. The van der Waals surface area contributed by atoms with Crippen LogP contribution in [0.15, 0.2) is 47.3 Å². The number of fused-ring (bicyclic) bond motifs is 1. The standard InChI is InChI=1S/C21H23N3O2S/c1-4-15-9-7-8-13(2)19(15)23-18(25)12-27-14(3)20-22-17-11-6-5-10-16(17)21(26)24-20/h5-11,14H,4,12H2,1-3H3,(H,23,25)(H,22,24,26)/t14-/m0/s1. The highest BCUT2D eigenvalue weighted by molar-refractivity contribution is 8.00. The molecule has 0 unspecified atom stereocenters. The molecule has 1 aromatic heterocycles. The largest absolute Gasteiger partial charge is 0.325 e. The van der Waals surface area contributed by atoms with E-state index in [0.29, 0.717) is 16.7 Å². The van der Waals surface area contributed by atoms with E-state index in [9.17, 15) is 9.59 Å². The monoisotopic (exact) mass is 381 g/mol. The molecule has 0 aliphatic heterocycles. The molecule has 6 heteroatoms. The minimum absolute atomic E-state index is 0.0565. The van der Waals surface area contributed by atoms with Crippen molar-refractivity contribution in [1.29, 1.82) is 0 Å². The Morgan fingerprint density at radius 2 is 2.00 bits per heavy atom. The maximum atomic E-state index is 12.4. The summed E-state index contributed by atoms with van der Waals surface area (Å²) in [6.07, 6.45) is 0.864. The van der Waals surface area contributed by atoms with Crippen LogP contribution >= 0.6 is 11.8 Å². The molecule has 0 saturated heterocycles. The van der Waals surface area contributed by atoms with Gasteiger partial charge in [-0.25, -0.2) is 4.98 Å². The fraction of sp³-hybridized carbons (Fsp3) is 0.286. The minimum Gasteiger partial charge on any atom is -0.325 e. The summed E-state index contributed by atoms with van der Waals surface area (Å²) >= 11 is 1.45. The topological polar surface area (TPSA) is 74.8 Å². The Morgan fingerprint density at radius 3 is 2.78 bits per heavy atom. The van der Waals surface area contributed by atoms with Crippen LogP contribution in [-0.4, -0.2) is 21.6 Å². The summed E-state index contributed by atoms with van der Waals surface area (Å²) in [5, 5.41) is 3.50. The first kappa shape index (κ1) is 19.2. The Kier molecular flexibility index (Phi) is 5.96. The van der Waals surface area contributed by atoms with Gasteiger partial charge in [0.1, 0.15) is 5.82 Å². The number of hydrogen-bond acceptors (Lipinski definition) is 4. The highest BCUT2D eigenvalue weighted by atomic mass is 32.2. The highest BCUT2D eigenvalue weighted by Crippen LogP contribution is 2.27. The quantitative estimate of drug-likeness (QED) is 0.670. The van der Waals surface area contributed by atoms with E-state index in [1.165, 1.54) is 11.8 Å². The number of aryl methyl sites for hydroxylation is 2. The second-order valence-corrected chi connectivity index (χ2v) is 7.76. The maximum Gasteiger partial charge on any atom is 0.258 e. The molecule has 1 heterocycles. The second kappa shape index (κ2) is 8.39. The van der Waals surface area contributed by atoms with Gasteiger partial charge in [-0.2, -0.15) is 0 Å². The van der Waals surface area contributed by atoms with Crippen molar-refractivity contribution in [3.05, 3.63) is 69.8 Å². The summed E-state index contributed by atoms with van der Waals surface area (Å²) in [4.78, 5) is 32.0. The molecule has 0 aliphatic carbocycles. The Balaban J connectivity index is 1.68. The Bertz CT molecular complexity index is 1030. The molecule has 5 nitrogen and oxygen atoms in total. The SMILES string of the molecule is CCc1cccc(C)c1NC(=O)CS[C@@H](C)c1nc2ccccc2c(=O)[nH]1. The van der Waals surface area contributed by atoms with E-state index in [4.69, 9.17) is 0 Å². The van der Waals surface area contributed by atoms with E-state index in [1.807, 2.05) is 50.2 Å². The molecular formula is C21H23N3O2S. The molecule has 0 spiro atoms. The molecule has 0 radical (unpaired) electrons. The van der Waals surface area contributed by atoms with Crippen molar-refractivity contribution in [3.63, 3.8) is 0 Å². The third-order valence-corrected chi connectivity index (χ3v) is 5.64. The summed E-state index contributed by atoms with van der Waals surface area (Å²) in [5.41, 5.74) is 3.60. The fourth-order valence-electron chi connectivity index (χ4n) is 2.95. The zero-order valence-electron chi connectivity index (χ0n) is 15.7. The van der Waals surface area contributed by atoms with Crippen LogP contribution in [0.4, 0.5) is 5.69 Å². The minimum atomic E-state index is -0.153. The number of benzene rings is 2. The number of nitrogens with zero attached hydrogens (tertiary/aromatic N) is 1. The predicted molar refractivity (Wildman–Crippen MR) is 112 cm³/mol. The number of para-hydroxylation sites is 2. The number of thioether (sulfide) groups is 1. The van der Waals surface area contributed by atoms with E-state index in [1.54, 1.807) is 6.07 Å². The number of H-pyrrole nitrogens is 1. The first-order valence-electron chi connectivity index (χ1n) is 8.98. The summed E-state index contributed by atoms with van der Waals surface area (Å²) < 4.78 is 0. The van der Waals surface area contributed by atoms with Gasteiger partial charge in [0, 0.05) is 5.69 Å². The predicted octanol–water partition coefficient (Wildman–Crippen LogP) is 4.23. The number of nitrogens with one attached hydrogen (secondary N) is 2. The number of carbonyl (C=O) groups excluding carboxylic acids is 1. The Labute approximate surface area is 162 Å². The van der Waals surface area contributed by atoms with E-state index in [0.717, 1.165) is 23.2 Å². The molecule has 0 fully saturated rings. The molecule has 2 N–H and O–H groups in total. The number of aromatic amines is 1. The van der Waals surface area contributed by atoms with Crippen molar-refractivity contribution in [2.45, 2.75) is 32.4 Å². The van der Waals surface area contributed by atoms with Gasteiger partial charge in [-0.15, -0.1) is 11.8 Å². The van der Waals surface area contributed by atoms with Crippen molar-refractivity contribution < 1.29 is 4.79 Å². The van der Waals surface area contributed by atoms with Crippen LogP contribution in [0.2, 0.25) is 0 Å². The molecule has 3 aromatic rings. The van der Waals surface area contributed by atoms with Gasteiger partial charge in [0.2, 0.25) is 5.91 Å². The molecule has 2 aromatic carbocycles. The fourth-order valence-corrected chi connectivity index (χ4v) is 3.70. The van der Waals surface area contributed by atoms with E-state index >= 15 is 0 Å². The van der Waals surface area contributed by atoms with Gasteiger partial charge in [-0.05, 0) is 43.5 Å². The average molecular weight is 382 g/mol. The lowest BCUT2D eigenvalue weighted by Gasteiger charge is -2.14. The van der Waals surface area contributed by atoms with Gasteiger partial charge in [0.15, 0.2) is 0 Å². The number of anilines is 1. The van der Waals surface area contributed by atoms with E-state index in [2.05, 4.69) is 22.2 Å². The molecule has 0 saturated carbocycles. The van der Waals surface area contributed by atoms with Gasteiger partial charge in [-0.1, -0.05) is 37.3 Å². The van der Waals surface area contributed by atoms with Crippen molar-refractivity contribution in [1.82, 2.24) is 9.97 Å². The Morgan fingerprint density at radius 1 is 1.22 bits per heavy atom. The molecule has 1 amide bonds. The normalized spacial score (nSPS) is 12.1. The Hall–Kier alpha value is -2.60. The number of carbonyl (C=O) groups is 1. The smallest absolute Gasteiger partial charge is 0.258 e. The first-order chi connectivity index (χ1) is 13.0. The highest BCUT2D eigenvalue weighted by Gasteiger charge is 2.14. The molecular weight excluding hydrogens is 358 g/mol. The number of hydrogen-bond donors (Lipinski definition) is 2. The van der Waals surface area contributed by atoms with Crippen LogP contribution in [0.5, 0.6) is 0 Å². The third kappa shape index (κ3) is 4.39. The van der Waals surface area contributed by atoms with Crippen LogP contribution in [0.1, 0.15) is 36.0 Å².